The molecule has 4 N–H and O–H groups in total. The molecule has 4 aromatic rings. The van der Waals surface area contributed by atoms with Crippen LogP contribution in [0.4, 0.5) is 11.9 Å². The lowest BCUT2D eigenvalue weighted by Gasteiger charge is -2.05. The van der Waals surface area contributed by atoms with Crippen molar-refractivity contribution < 1.29 is 0 Å². The van der Waals surface area contributed by atoms with Gasteiger partial charge in [0, 0.05) is 0 Å². The molecule has 0 aliphatic heterocycles. The van der Waals surface area contributed by atoms with E-state index >= 15 is 0 Å². The monoisotopic (exact) mass is 268 g/mol. The van der Waals surface area contributed by atoms with Gasteiger partial charge in [-0.15, -0.1) is 0 Å². The topological polar surface area (TPSA) is 139 Å². The average molecular weight is 268 g/mol. The zero-order valence-electron chi connectivity index (χ0n) is 10.0. The van der Waals surface area contributed by atoms with E-state index in [0.29, 0.717) is 22.3 Å². The van der Waals surface area contributed by atoms with Gasteiger partial charge in [0.15, 0.2) is 11.3 Å². The summed E-state index contributed by atoms with van der Waals surface area (Å²) in [7, 11) is 0. The van der Waals surface area contributed by atoms with E-state index in [1.165, 1.54) is 0 Å². The lowest BCUT2D eigenvalue weighted by atomic mass is 10.5. The number of imidazole rings is 2. The van der Waals surface area contributed by atoms with Crippen molar-refractivity contribution in [2.45, 2.75) is 0 Å². The number of fused-ring (bicyclic) bond motifs is 2. The highest BCUT2D eigenvalue weighted by atomic mass is 15.5. The van der Waals surface area contributed by atoms with Crippen LogP contribution in [0, 0.1) is 0 Å². The molecule has 0 spiro atoms. The molecule has 0 unspecified atom stereocenters. The Morgan fingerprint density at radius 2 is 1.15 bits per heavy atom. The summed E-state index contributed by atoms with van der Waals surface area (Å²) in [6.45, 7) is 0. The van der Waals surface area contributed by atoms with E-state index in [4.69, 9.17) is 11.5 Å². The second-order valence-corrected chi connectivity index (χ2v) is 4.05. The maximum absolute atomic E-state index is 5.61. The average Bonchev–Trinajstić information content (AvgIpc) is 3.01. The summed E-state index contributed by atoms with van der Waals surface area (Å²) in [4.78, 5) is 24.5. The first-order valence-corrected chi connectivity index (χ1v) is 5.64. The van der Waals surface area contributed by atoms with Gasteiger partial charge in [0.1, 0.15) is 23.7 Å². The molecular formula is C10H8N10. The standard InChI is InChI=1S/C10H8N10/c11-9-13-1-5-7(17-9)19(3-15-5)20-4-16-6-2-14-10(12)18-8(6)20/h1-4H,(H2,11,13,17)(H2,12,14,18). The molecule has 98 valence electrons. The molecule has 4 rings (SSSR count). The number of anilines is 2. The largest absolute Gasteiger partial charge is 0.368 e. The Morgan fingerprint density at radius 1 is 0.700 bits per heavy atom. The zero-order chi connectivity index (χ0) is 13.7. The SMILES string of the molecule is Nc1ncc2ncn(-n3cnc4cnc(N)nc43)c2n1. The van der Waals surface area contributed by atoms with Crippen molar-refractivity contribution in [3.05, 3.63) is 25.0 Å². The molecule has 0 aliphatic carbocycles. The van der Waals surface area contributed by atoms with E-state index in [1.54, 1.807) is 34.4 Å². The van der Waals surface area contributed by atoms with E-state index in [0.717, 1.165) is 0 Å². The van der Waals surface area contributed by atoms with Crippen LogP contribution < -0.4 is 11.5 Å². The van der Waals surface area contributed by atoms with Crippen molar-refractivity contribution in [1.29, 1.82) is 0 Å². The van der Waals surface area contributed by atoms with Crippen LogP contribution in [0.5, 0.6) is 0 Å². The van der Waals surface area contributed by atoms with Crippen molar-refractivity contribution >= 4 is 34.2 Å². The Bertz CT molecular complexity index is 858. The molecule has 0 saturated heterocycles. The summed E-state index contributed by atoms with van der Waals surface area (Å²) in [5.41, 5.74) is 13.5. The molecule has 0 aliphatic rings. The van der Waals surface area contributed by atoms with Crippen LogP contribution in [0.15, 0.2) is 25.0 Å². The van der Waals surface area contributed by atoms with Crippen molar-refractivity contribution in [1.82, 2.24) is 39.3 Å². The quantitative estimate of drug-likeness (QED) is 0.468. The van der Waals surface area contributed by atoms with Crippen LogP contribution in [-0.2, 0) is 0 Å². The minimum absolute atomic E-state index is 0.165. The summed E-state index contributed by atoms with van der Waals surface area (Å²) in [6, 6.07) is 0. The molecular weight excluding hydrogens is 260 g/mol. The fraction of sp³-hybridized carbons (Fsp3) is 0. The number of hydrogen-bond donors (Lipinski definition) is 2. The highest BCUT2D eigenvalue weighted by molar-refractivity contribution is 5.74. The summed E-state index contributed by atoms with van der Waals surface area (Å²) < 4.78 is 3.32. The van der Waals surface area contributed by atoms with E-state index in [-0.39, 0.29) is 11.9 Å². The van der Waals surface area contributed by atoms with Gasteiger partial charge in [0.2, 0.25) is 11.9 Å². The first-order valence-electron chi connectivity index (χ1n) is 5.64. The van der Waals surface area contributed by atoms with Crippen molar-refractivity contribution in [3.63, 3.8) is 0 Å². The maximum atomic E-state index is 5.61. The normalized spacial score (nSPS) is 11.4. The molecule has 0 atom stereocenters. The fourth-order valence-corrected chi connectivity index (χ4v) is 1.94. The van der Waals surface area contributed by atoms with Crippen LogP contribution >= 0.6 is 0 Å². The molecule has 0 amide bonds. The van der Waals surface area contributed by atoms with Crippen LogP contribution in [0.2, 0.25) is 0 Å². The molecule has 10 heteroatoms. The molecule has 0 saturated carbocycles. The van der Waals surface area contributed by atoms with E-state index in [2.05, 4.69) is 29.9 Å². The van der Waals surface area contributed by atoms with E-state index in [9.17, 15) is 0 Å². The van der Waals surface area contributed by atoms with Crippen LogP contribution in [0.3, 0.4) is 0 Å². The van der Waals surface area contributed by atoms with Gasteiger partial charge in [-0.25, -0.2) is 29.3 Å². The molecule has 4 heterocycles. The summed E-state index contributed by atoms with van der Waals surface area (Å²) in [5, 5.41) is 0. The Balaban J connectivity index is 2.06. The van der Waals surface area contributed by atoms with Crippen LogP contribution in [-0.4, -0.2) is 39.3 Å². The molecule has 0 aromatic carbocycles. The molecule has 10 nitrogen and oxygen atoms in total. The molecule has 0 radical (unpaired) electrons. The highest BCUT2D eigenvalue weighted by Crippen LogP contribution is 2.15. The minimum atomic E-state index is 0.165. The van der Waals surface area contributed by atoms with Crippen LogP contribution in [0.25, 0.3) is 22.3 Å². The van der Waals surface area contributed by atoms with Crippen LogP contribution in [0.1, 0.15) is 0 Å². The van der Waals surface area contributed by atoms with Gasteiger partial charge >= 0.3 is 0 Å². The van der Waals surface area contributed by atoms with Gasteiger partial charge in [0.05, 0.1) is 12.4 Å². The molecule has 0 fully saturated rings. The maximum Gasteiger partial charge on any atom is 0.222 e. The molecule has 4 aromatic heterocycles. The van der Waals surface area contributed by atoms with Crippen molar-refractivity contribution in [2.75, 3.05) is 11.5 Å². The molecule has 0 bridgehead atoms. The lowest BCUT2D eigenvalue weighted by molar-refractivity contribution is 0.688. The Kier molecular flexibility index (Phi) is 1.91. The minimum Gasteiger partial charge on any atom is -0.368 e. The van der Waals surface area contributed by atoms with Gasteiger partial charge in [-0.3, -0.25) is 0 Å². The van der Waals surface area contributed by atoms with Gasteiger partial charge in [-0.2, -0.15) is 9.97 Å². The third-order valence-corrected chi connectivity index (χ3v) is 2.82. The number of nitrogens with zero attached hydrogens (tertiary/aromatic N) is 8. The third kappa shape index (κ3) is 1.38. The second kappa shape index (κ2) is 3.60. The third-order valence-electron chi connectivity index (χ3n) is 2.82. The Morgan fingerprint density at radius 3 is 1.60 bits per heavy atom. The van der Waals surface area contributed by atoms with E-state index in [1.807, 2.05) is 0 Å². The lowest BCUT2D eigenvalue weighted by Crippen LogP contribution is -2.09. The number of rotatable bonds is 1. The predicted molar refractivity (Wildman–Crippen MR) is 70.3 cm³/mol. The number of nitrogens with two attached hydrogens (primary N) is 2. The number of nitrogen functional groups attached to an aromatic ring is 2. The van der Waals surface area contributed by atoms with Gasteiger partial charge in [-0.05, 0) is 0 Å². The fourth-order valence-electron chi connectivity index (χ4n) is 1.94. The van der Waals surface area contributed by atoms with Crippen molar-refractivity contribution in [2.24, 2.45) is 0 Å². The second-order valence-electron chi connectivity index (χ2n) is 4.05. The van der Waals surface area contributed by atoms with Gasteiger partial charge < -0.3 is 11.5 Å². The highest BCUT2D eigenvalue weighted by Gasteiger charge is 2.11. The number of aromatic nitrogens is 8. The number of hydrogen-bond acceptors (Lipinski definition) is 8. The van der Waals surface area contributed by atoms with Crippen molar-refractivity contribution in [3.8, 4) is 0 Å². The first-order chi connectivity index (χ1) is 9.72. The summed E-state index contributed by atoms with van der Waals surface area (Å²) in [6.07, 6.45) is 6.27. The Hall–Kier alpha value is -3.30. The predicted octanol–water partition coefficient (Wildman–Crippen LogP) is -0.558. The summed E-state index contributed by atoms with van der Waals surface area (Å²) >= 11 is 0. The Labute approximate surface area is 111 Å². The molecule has 20 heavy (non-hydrogen) atoms. The summed E-state index contributed by atoms with van der Waals surface area (Å²) in [5.74, 6) is 0.329. The van der Waals surface area contributed by atoms with Gasteiger partial charge in [-0.1, -0.05) is 0 Å². The first kappa shape index (κ1) is 10.6. The zero-order valence-corrected chi connectivity index (χ0v) is 10.0. The van der Waals surface area contributed by atoms with Gasteiger partial charge in [0.25, 0.3) is 0 Å². The van der Waals surface area contributed by atoms with E-state index < -0.39 is 0 Å². The smallest absolute Gasteiger partial charge is 0.222 e.